The first-order valence-electron chi connectivity index (χ1n) is 10.8. The molecule has 1 saturated carbocycles. The Hall–Kier alpha value is -2.14. The zero-order valence-electron chi connectivity index (χ0n) is 19.2. The Kier molecular flexibility index (Phi) is 6.78. The van der Waals surface area contributed by atoms with Crippen LogP contribution in [0, 0.1) is 34.6 Å². The van der Waals surface area contributed by atoms with E-state index in [-0.39, 0.29) is 0 Å². The van der Waals surface area contributed by atoms with Gasteiger partial charge in [0.05, 0.1) is 0 Å². The Morgan fingerprint density at radius 3 is 2.00 bits per heavy atom. The van der Waals surface area contributed by atoms with Crippen molar-refractivity contribution in [1.82, 2.24) is 15.3 Å². The third-order valence-electron chi connectivity index (χ3n) is 6.88. The van der Waals surface area contributed by atoms with E-state index in [1.807, 2.05) is 31.3 Å². The second-order valence-electron chi connectivity index (χ2n) is 8.81. The molecule has 0 saturated heterocycles. The van der Waals surface area contributed by atoms with E-state index < -0.39 is 0 Å². The number of aromatic nitrogens is 2. The molecule has 5 nitrogen and oxygen atoms in total. The molecular weight excluding hydrogens is 358 g/mol. The molecule has 0 unspecified atom stereocenters. The summed E-state index contributed by atoms with van der Waals surface area (Å²) in [6.45, 7) is 12.3. The van der Waals surface area contributed by atoms with Crippen LogP contribution in [0.1, 0.15) is 59.1 Å². The maximum Gasteiger partial charge on any atom is 0.224 e. The molecule has 1 aliphatic carbocycles. The summed E-state index contributed by atoms with van der Waals surface area (Å²) in [5.41, 5.74) is 8.71. The molecule has 158 valence electrons. The molecule has 1 aliphatic rings. The van der Waals surface area contributed by atoms with Crippen molar-refractivity contribution >= 4 is 11.8 Å². The molecule has 0 amide bonds. The monoisotopic (exact) mass is 395 g/mol. The van der Waals surface area contributed by atoms with Crippen LogP contribution in [-0.2, 0) is 6.54 Å². The van der Waals surface area contributed by atoms with E-state index in [1.54, 1.807) is 0 Å². The first-order chi connectivity index (χ1) is 13.8. The molecule has 2 aromatic rings. The van der Waals surface area contributed by atoms with Crippen molar-refractivity contribution < 1.29 is 0 Å². The summed E-state index contributed by atoms with van der Waals surface area (Å²) in [6.07, 6.45) is 6.50. The van der Waals surface area contributed by atoms with Crippen LogP contribution in [0.3, 0.4) is 0 Å². The largest absolute Gasteiger partial charge is 0.363 e. The summed E-state index contributed by atoms with van der Waals surface area (Å²) in [7, 11) is 4.01. The van der Waals surface area contributed by atoms with Crippen LogP contribution < -0.4 is 15.5 Å². The Morgan fingerprint density at radius 2 is 1.41 bits per heavy atom. The van der Waals surface area contributed by atoms with Crippen LogP contribution in [0.4, 0.5) is 11.8 Å². The molecule has 1 aromatic carbocycles. The molecule has 0 aliphatic heterocycles. The zero-order chi connectivity index (χ0) is 21.1. The fourth-order valence-electron chi connectivity index (χ4n) is 4.38. The average molecular weight is 396 g/mol. The fourth-order valence-corrected chi connectivity index (χ4v) is 4.38. The van der Waals surface area contributed by atoms with E-state index in [0.29, 0.717) is 12.1 Å². The normalized spacial score (nSPS) is 19.3. The minimum Gasteiger partial charge on any atom is -0.363 e. The van der Waals surface area contributed by atoms with Crippen molar-refractivity contribution in [3.63, 3.8) is 0 Å². The van der Waals surface area contributed by atoms with Gasteiger partial charge in [-0.2, -0.15) is 4.98 Å². The molecule has 1 fully saturated rings. The lowest BCUT2D eigenvalue weighted by molar-refractivity contribution is 0.351. The van der Waals surface area contributed by atoms with Gasteiger partial charge in [0.1, 0.15) is 5.82 Å². The summed E-state index contributed by atoms with van der Waals surface area (Å²) >= 11 is 0. The topological polar surface area (TPSA) is 53.1 Å². The number of nitrogens with one attached hydrogen (secondary N) is 2. The van der Waals surface area contributed by atoms with Gasteiger partial charge in [0, 0.05) is 38.9 Å². The summed E-state index contributed by atoms with van der Waals surface area (Å²) in [4.78, 5) is 11.0. The SMILES string of the molecule is Cc1c(C)c(C)c(CNC2CCC(Nc3nccc(N(C)C)n3)CC2)c(C)c1C. The van der Waals surface area contributed by atoms with Gasteiger partial charge in [0.15, 0.2) is 0 Å². The minimum absolute atomic E-state index is 0.456. The lowest BCUT2D eigenvalue weighted by atomic mass is 9.88. The van der Waals surface area contributed by atoms with E-state index in [4.69, 9.17) is 0 Å². The molecule has 0 radical (unpaired) electrons. The van der Waals surface area contributed by atoms with Gasteiger partial charge in [0.25, 0.3) is 0 Å². The van der Waals surface area contributed by atoms with Gasteiger partial charge >= 0.3 is 0 Å². The molecular formula is C24H37N5. The lowest BCUT2D eigenvalue weighted by Crippen LogP contribution is -2.37. The van der Waals surface area contributed by atoms with Crippen LogP contribution in [0.15, 0.2) is 12.3 Å². The van der Waals surface area contributed by atoms with Crippen molar-refractivity contribution in [2.45, 2.75) is 78.9 Å². The quantitative estimate of drug-likeness (QED) is 0.749. The second kappa shape index (κ2) is 9.12. The van der Waals surface area contributed by atoms with E-state index in [0.717, 1.165) is 31.2 Å². The molecule has 29 heavy (non-hydrogen) atoms. The predicted octanol–water partition coefficient (Wildman–Crippen LogP) is 4.60. The summed E-state index contributed by atoms with van der Waals surface area (Å²) in [5, 5.41) is 7.37. The van der Waals surface area contributed by atoms with Crippen LogP contribution in [0.2, 0.25) is 0 Å². The Balaban J connectivity index is 1.54. The standard InChI is InChI=1S/C24H37N5/c1-15-16(2)18(4)22(19(5)17(15)3)14-26-20-8-10-21(11-9-20)27-24-25-13-12-23(28-24)29(6)7/h12-13,20-21,26H,8-11,14H2,1-7H3,(H,25,27,28). The number of nitrogens with zero attached hydrogens (tertiary/aromatic N) is 3. The Bertz CT molecular complexity index is 822. The van der Waals surface area contributed by atoms with Gasteiger partial charge in [-0.05, 0) is 99.7 Å². The van der Waals surface area contributed by atoms with Gasteiger partial charge in [-0.15, -0.1) is 0 Å². The van der Waals surface area contributed by atoms with E-state index in [1.165, 1.54) is 46.2 Å². The first-order valence-corrected chi connectivity index (χ1v) is 10.8. The maximum atomic E-state index is 4.59. The molecule has 0 atom stereocenters. The van der Waals surface area contributed by atoms with Crippen molar-refractivity contribution in [3.05, 3.63) is 45.6 Å². The molecule has 1 heterocycles. The highest BCUT2D eigenvalue weighted by Gasteiger charge is 2.22. The van der Waals surface area contributed by atoms with E-state index in [9.17, 15) is 0 Å². The molecule has 3 rings (SSSR count). The molecule has 1 aromatic heterocycles. The number of hydrogen-bond donors (Lipinski definition) is 2. The summed E-state index contributed by atoms with van der Waals surface area (Å²) in [5.74, 6) is 1.68. The number of hydrogen-bond acceptors (Lipinski definition) is 5. The smallest absolute Gasteiger partial charge is 0.224 e. The zero-order valence-corrected chi connectivity index (χ0v) is 19.2. The van der Waals surface area contributed by atoms with Crippen LogP contribution in [0.25, 0.3) is 0 Å². The minimum atomic E-state index is 0.456. The van der Waals surface area contributed by atoms with Gasteiger partial charge in [-0.1, -0.05) is 0 Å². The lowest BCUT2D eigenvalue weighted by Gasteiger charge is -2.30. The highest BCUT2D eigenvalue weighted by molar-refractivity contribution is 5.49. The van der Waals surface area contributed by atoms with Gasteiger partial charge in [-0.3, -0.25) is 0 Å². The Morgan fingerprint density at radius 1 is 0.862 bits per heavy atom. The number of anilines is 2. The summed E-state index contributed by atoms with van der Waals surface area (Å²) in [6, 6.07) is 2.98. The average Bonchev–Trinajstić information content (AvgIpc) is 2.72. The van der Waals surface area contributed by atoms with Gasteiger partial charge in [-0.25, -0.2) is 4.98 Å². The van der Waals surface area contributed by atoms with Crippen LogP contribution in [0.5, 0.6) is 0 Å². The highest BCUT2D eigenvalue weighted by atomic mass is 15.2. The molecule has 0 spiro atoms. The van der Waals surface area contributed by atoms with Crippen molar-refractivity contribution in [3.8, 4) is 0 Å². The fraction of sp³-hybridized carbons (Fsp3) is 0.583. The summed E-state index contributed by atoms with van der Waals surface area (Å²) < 4.78 is 0. The van der Waals surface area contributed by atoms with Crippen LogP contribution >= 0.6 is 0 Å². The molecule has 0 bridgehead atoms. The van der Waals surface area contributed by atoms with Crippen LogP contribution in [-0.4, -0.2) is 36.1 Å². The van der Waals surface area contributed by atoms with Crippen molar-refractivity contribution in [2.75, 3.05) is 24.3 Å². The third kappa shape index (κ3) is 4.89. The molecule has 5 heteroatoms. The van der Waals surface area contributed by atoms with Gasteiger partial charge < -0.3 is 15.5 Å². The van der Waals surface area contributed by atoms with E-state index >= 15 is 0 Å². The second-order valence-corrected chi connectivity index (χ2v) is 8.81. The molecule has 2 N–H and O–H groups in total. The number of rotatable bonds is 6. The Labute approximate surface area is 176 Å². The van der Waals surface area contributed by atoms with Crippen molar-refractivity contribution in [2.24, 2.45) is 0 Å². The highest BCUT2D eigenvalue weighted by Crippen LogP contribution is 2.27. The van der Waals surface area contributed by atoms with E-state index in [2.05, 4.69) is 55.2 Å². The maximum absolute atomic E-state index is 4.59. The third-order valence-corrected chi connectivity index (χ3v) is 6.88. The number of benzene rings is 1. The van der Waals surface area contributed by atoms with Gasteiger partial charge in [0.2, 0.25) is 5.95 Å². The van der Waals surface area contributed by atoms with Crippen molar-refractivity contribution in [1.29, 1.82) is 0 Å². The first kappa shape index (κ1) is 21.6. The predicted molar refractivity (Wildman–Crippen MR) is 123 cm³/mol.